The number of hydrogen-bond donors (Lipinski definition) is 2. The van der Waals surface area contributed by atoms with E-state index < -0.39 is 11.7 Å². The van der Waals surface area contributed by atoms with Gasteiger partial charge in [-0.2, -0.15) is 0 Å². The van der Waals surface area contributed by atoms with Gasteiger partial charge in [-0.05, 0) is 37.2 Å². The van der Waals surface area contributed by atoms with Gasteiger partial charge in [0, 0.05) is 5.39 Å². The van der Waals surface area contributed by atoms with Crippen LogP contribution in [-0.2, 0) is 5.67 Å². The molecule has 0 saturated heterocycles. The summed E-state index contributed by atoms with van der Waals surface area (Å²) in [5.41, 5.74) is -0.256. The molecular formula is C15H20FNO2. The molecule has 19 heavy (non-hydrogen) atoms. The van der Waals surface area contributed by atoms with E-state index in [1.807, 2.05) is 13.0 Å². The predicted molar refractivity (Wildman–Crippen MR) is 73.8 cm³/mol. The van der Waals surface area contributed by atoms with Crippen LogP contribution in [0.15, 0.2) is 34.9 Å². The number of rotatable bonds is 6. The summed E-state index contributed by atoms with van der Waals surface area (Å²) in [6.07, 6.45) is 2.66. The zero-order chi connectivity index (χ0) is 13.9. The van der Waals surface area contributed by atoms with E-state index in [0.29, 0.717) is 18.4 Å². The molecule has 0 amide bonds. The number of furan rings is 1. The Bertz CT molecular complexity index is 536. The van der Waals surface area contributed by atoms with E-state index >= 15 is 4.39 Å². The number of fused-ring (bicyclic) bond motifs is 1. The monoisotopic (exact) mass is 265 g/mol. The highest BCUT2D eigenvalue weighted by molar-refractivity contribution is 5.78. The van der Waals surface area contributed by atoms with Crippen LogP contribution >= 0.6 is 0 Å². The number of likely N-dealkylation sites (N-methyl/N-ethyl adjacent to an activating group) is 1. The fourth-order valence-corrected chi connectivity index (χ4v) is 2.57. The molecule has 1 aromatic carbocycles. The molecule has 104 valence electrons. The van der Waals surface area contributed by atoms with E-state index in [0.717, 1.165) is 11.0 Å². The van der Waals surface area contributed by atoms with Crippen LogP contribution in [0.2, 0.25) is 0 Å². The summed E-state index contributed by atoms with van der Waals surface area (Å²) in [5, 5.41) is 13.1. The number of nitrogens with one attached hydrogen (secondary N) is 1. The first-order chi connectivity index (χ1) is 9.15. The molecule has 1 aromatic heterocycles. The molecule has 0 aliphatic heterocycles. The van der Waals surface area contributed by atoms with Gasteiger partial charge in [0.15, 0.2) is 5.67 Å². The van der Waals surface area contributed by atoms with E-state index in [4.69, 9.17) is 4.42 Å². The van der Waals surface area contributed by atoms with Crippen LogP contribution in [0.1, 0.15) is 25.3 Å². The van der Waals surface area contributed by atoms with Crippen molar-refractivity contribution in [3.05, 3.63) is 36.1 Å². The van der Waals surface area contributed by atoms with Gasteiger partial charge in [0.2, 0.25) is 0 Å². The standard InChI is InChI=1S/C15H20FNO2/c1-3-7-15(16,14(10-18)17-2)12-4-5-13-11(9-12)6-8-19-13/h4-6,8-9,14,17-18H,3,7,10H2,1-2H3. The van der Waals surface area contributed by atoms with Crippen LogP contribution in [0.5, 0.6) is 0 Å². The van der Waals surface area contributed by atoms with E-state index in [1.54, 1.807) is 31.5 Å². The highest BCUT2D eigenvalue weighted by Gasteiger charge is 2.39. The molecule has 0 radical (unpaired) electrons. The van der Waals surface area contributed by atoms with Crippen molar-refractivity contribution in [3.8, 4) is 0 Å². The summed E-state index contributed by atoms with van der Waals surface area (Å²) in [6.45, 7) is 1.70. The van der Waals surface area contributed by atoms with Gasteiger partial charge in [-0.15, -0.1) is 0 Å². The average Bonchev–Trinajstić information content (AvgIpc) is 2.87. The lowest BCUT2D eigenvalue weighted by atomic mass is 9.84. The van der Waals surface area contributed by atoms with Crippen molar-refractivity contribution in [3.63, 3.8) is 0 Å². The number of benzene rings is 1. The first-order valence-electron chi connectivity index (χ1n) is 6.60. The van der Waals surface area contributed by atoms with Gasteiger partial charge in [0.1, 0.15) is 5.58 Å². The summed E-state index contributed by atoms with van der Waals surface area (Å²) in [7, 11) is 1.67. The molecule has 0 spiro atoms. The van der Waals surface area contributed by atoms with Crippen molar-refractivity contribution in [2.75, 3.05) is 13.7 Å². The third-order valence-corrected chi connectivity index (χ3v) is 3.63. The van der Waals surface area contributed by atoms with Gasteiger partial charge in [-0.3, -0.25) is 0 Å². The molecule has 0 bridgehead atoms. The van der Waals surface area contributed by atoms with E-state index in [-0.39, 0.29) is 6.61 Å². The maximum atomic E-state index is 15.4. The molecule has 2 aromatic rings. The van der Waals surface area contributed by atoms with Crippen LogP contribution in [0, 0.1) is 0 Å². The van der Waals surface area contributed by atoms with Crippen molar-refractivity contribution in [1.82, 2.24) is 5.32 Å². The lowest BCUT2D eigenvalue weighted by molar-refractivity contribution is 0.0588. The lowest BCUT2D eigenvalue weighted by Crippen LogP contribution is -2.46. The summed E-state index contributed by atoms with van der Waals surface area (Å²) >= 11 is 0. The first-order valence-corrected chi connectivity index (χ1v) is 6.60. The SMILES string of the molecule is CCCC(F)(c1ccc2occc2c1)C(CO)NC. The Morgan fingerprint density at radius 2 is 2.21 bits per heavy atom. The van der Waals surface area contributed by atoms with E-state index in [9.17, 15) is 5.11 Å². The third-order valence-electron chi connectivity index (χ3n) is 3.63. The number of aliphatic hydroxyl groups excluding tert-OH is 1. The second kappa shape index (κ2) is 5.72. The van der Waals surface area contributed by atoms with Crippen LogP contribution in [0.3, 0.4) is 0 Å². The molecule has 2 unspecified atom stereocenters. The minimum absolute atomic E-state index is 0.240. The lowest BCUT2D eigenvalue weighted by Gasteiger charge is -2.33. The molecule has 2 rings (SSSR count). The quantitative estimate of drug-likeness (QED) is 0.844. The number of hydrogen-bond acceptors (Lipinski definition) is 3. The van der Waals surface area contributed by atoms with Gasteiger partial charge in [-0.1, -0.05) is 19.4 Å². The normalized spacial score (nSPS) is 16.4. The van der Waals surface area contributed by atoms with Gasteiger partial charge in [0.25, 0.3) is 0 Å². The van der Waals surface area contributed by atoms with E-state index in [1.165, 1.54) is 0 Å². The predicted octanol–water partition coefficient (Wildman–Crippen LogP) is 2.98. The Morgan fingerprint density at radius 3 is 2.84 bits per heavy atom. The Morgan fingerprint density at radius 1 is 1.42 bits per heavy atom. The molecule has 0 aliphatic rings. The molecule has 0 aliphatic carbocycles. The maximum Gasteiger partial charge on any atom is 0.153 e. The number of aliphatic hydroxyl groups is 1. The van der Waals surface area contributed by atoms with Gasteiger partial charge in [-0.25, -0.2) is 4.39 Å². The maximum absolute atomic E-state index is 15.4. The average molecular weight is 265 g/mol. The van der Waals surface area contributed by atoms with E-state index in [2.05, 4.69) is 5.32 Å². The second-order valence-electron chi connectivity index (χ2n) is 4.81. The zero-order valence-corrected chi connectivity index (χ0v) is 11.3. The van der Waals surface area contributed by atoms with Crippen LogP contribution < -0.4 is 5.32 Å². The van der Waals surface area contributed by atoms with Crippen LogP contribution in [0.25, 0.3) is 11.0 Å². The fourth-order valence-electron chi connectivity index (χ4n) is 2.57. The number of halogens is 1. The Balaban J connectivity index is 2.46. The fraction of sp³-hybridized carbons (Fsp3) is 0.467. The third kappa shape index (κ3) is 2.51. The summed E-state index contributed by atoms with van der Waals surface area (Å²) in [6, 6.07) is 6.52. The van der Waals surface area contributed by atoms with Crippen LogP contribution in [0.4, 0.5) is 4.39 Å². The molecule has 0 saturated carbocycles. The molecule has 2 atom stereocenters. The Kier molecular flexibility index (Phi) is 4.22. The highest BCUT2D eigenvalue weighted by atomic mass is 19.1. The van der Waals surface area contributed by atoms with Crippen molar-refractivity contribution in [2.24, 2.45) is 0 Å². The molecule has 2 N–H and O–H groups in total. The molecule has 1 heterocycles. The minimum atomic E-state index is -1.58. The Hall–Kier alpha value is -1.39. The van der Waals surface area contributed by atoms with Crippen molar-refractivity contribution < 1.29 is 13.9 Å². The van der Waals surface area contributed by atoms with Gasteiger partial charge in [0.05, 0.1) is 18.9 Å². The Labute approximate surface area is 112 Å². The van der Waals surface area contributed by atoms with Crippen molar-refractivity contribution in [2.45, 2.75) is 31.5 Å². The zero-order valence-electron chi connectivity index (χ0n) is 11.3. The number of alkyl halides is 1. The molecule has 0 fully saturated rings. The molecule has 4 heteroatoms. The summed E-state index contributed by atoms with van der Waals surface area (Å²) in [4.78, 5) is 0. The molecule has 3 nitrogen and oxygen atoms in total. The summed E-state index contributed by atoms with van der Waals surface area (Å²) in [5.74, 6) is 0. The molecular weight excluding hydrogens is 245 g/mol. The topological polar surface area (TPSA) is 45.4 Å². The first kappa shape index (κ1) is 14.0. The minimum Gasteiger partial charge on any atom is -0.464 e. The van der Waals surface area contributed by atoms with Gasteiger partial charge >= 0.3 is 0 Å². The van der Waals surface area contributed by atoms with Gasteiger partial charge < -0.3 is 14.8 Å². The highest BCUT2D eigenvalue weighted by Crippen LogP contribution is 2.36. The second-order valence-corrected chi connectivity index (χ2v) is 4.81. The summed E-state index contributed by atoms with van der Waals surface area (Å²) < 4.78 is 20.6. The van der Waals surface area contributed by atoms with Crippen molar-refractivity contribution in [1.29, 1.82) is 0 Å². The van der Waals surface area contributed by atoms with Crippen LogP contribution in [-0.4, -0.2) is 24.8 Å². The van der Waals surface area contributed by atoms with Crippen molar-refractivity contribution >= 4 is 11.0 Å². The smallest absolute Gasteiger partial charge is 0.153 e. The largest absolute Gasteiger partial charge is 0.464 e.